The predicted octanol–water partition coefficient (Wildman–Crippen LogP) is 1.29. The van der Waals surface area contributed by atoms with Crippen LogP contribution in [0.1, 0.15) is 12.5 Å². The van der Waals surface area contributed by atoms with Crippen molar-refractivity contribution < 1.29 is 43.9 Å². The van der Waals surface area contributed by atoms with Crippen molar-refractivity contribution in [2.45, 2.75) is 31.3 Å². The molecule has 2 atom stereocenters. The van der Waals surface area contributed by atoms with Crippen molar-refractivity contribution in [1.82, 2.24) is 5.32 Å². The van der Waals surface area contributed by atoms with Gasteiger partial charge in [0.25, 0.3) is 0 Å². The molecule has 2 aromatic carbocycles. The Morgan fingerprint density at radius 3 is 2.44 bits per heavy atom. The van der Waals surface area contributed by atoms with Crippen molar-refractivity contribution in [1.29, 1.82) is 0 Å². The highest BCUT2D eigenvalue weighted by Crippen LogP contribution is 2.40. The maximum Gasteiger partial charge on any atom is 0.453 e. The van der Waals surface area contributed by atoms with Crippen LogP contribution in [-0.4, -0.2) is 65.5 Å². The van der Waals surface area contributed by atoms with Crippen molar-refractivity contribution >= 4 is 11.9 Å². The molecule has 3 rings (SSSR count). The highest BCUT2D eigenvalue weighted by molar-refractivity contribution is 6.01. The lowest BCUT2D eigenvalue weighted by Crippen LogP contribution is -2.54. The highest BCUT2D eigenvalue weighted by Gasteiger charge is 2.57. The summed E-state index contributed by atoms with van der Waals surface area (Å²) in [4.78, 5) is 22.7. The molecule has 0 amide bonds. The number of aliphatic carboxylic acids is 2. The molecule has 1 heterocycles. The molecule has 0 aromatic heterocycles. The molecule has 0 saturated carbocycles. The summed E-state index contributed by atoms with van der Waals surface area (Å²) < 4.78 is 20.9. The predicted molar refractivity (Wildman–Crippen MR) is 111 cm³/mol. The summed E-state index contributed by atoms with van der Waals surface area (Å²) in [6.45, 7) is 2.30. The van der Waals surface area contributed by atoms with E-state index < -0.39 is 23.8 Å². The Morgan fingerprint density at radius 1 is 1.06 bits per heavy atom. The topological polar surface area (TPSA) is 144 Å². The first-order valence-corrected chi connectivity index (χ1v) is 9.89. The van der Waals surface area contributed by atoms with Crippen LogP contribution in [0, 0.1) is 0 Å². The zero-order valence-electron chi connectivity index (χ0n) is 17.6. The van der Waals surface area contributed by atoms with Gasteiger partial charge in [-0.05, 0) is 43.2 Å². The molecule has 0 radical (unpaired) electrons. The quantitative estimate of drug-likeness (QED) is 0.372. The number of hydrogen-bond acceptors (Lipinski definition) is 8. The number of methoxy groups -OCH3 is 1. The number of benzene rings is 2. The Labute approximate surface area is 184 Å². The minimum absolute atomic E-state index is 0.0456. The molecule has 0 spiro atoms. The third kappa shape index (κ3) is 5.21. The van der Waals surface area contributed by atoms with Crippen LogP contribution < -0.4 is 24.3 Å². The van der Waals surface area contributed by atoms with Crippen molar-refractivity contribution in [3.05, 3.63) is 48.0 Å². The van der Waals surface area contributed by atoms with Gasteiger partial charge in [0.05, 0.1) is 7.11 Å². The molecule has 172 valence electrons. The molecule has 4 N–H and O–H groups in total. The minimum atomic E-state index is -2.78. The lowest BCUT2D eigenvalue weighted by molar-refractivity contribution is -0.194. The van der Waals surface area contributed by atoms with Gasteiger partial charge in [-0.1, -0.05) is 12.1 Å². The SMILES string of the molecule is COc1cccc(OCC(O)CNC(C)Cc2ccc3c(c2)OC(C(=O)O)(C(=O)O)O3)c1. The molecule has 0 fully saturated rings. The van der Waals surface area contributed by atoms with Crippen molar-refractivity contribution in [2.75, 3.05) is 20.3 Å². The minimum Gasteiger partial charge on any atom is -0.497 e. The molecule has 0 aliphatic carbocycles. The largest absolute Gasteiger partial charge is 0.497 e. The lowest BCUT2D eigenvalue weighted by atomic mass is 10.1. The number of fused-ring (bicyclic) bond motifs is 1. The summed E-state index contributed by atoms with van der Waals surface area (Å²) in [7, 11) is 1.56. The van der Waals surface area contributed by atoms with Gasteiger partial charge in [-0.3, -0.25) is 0 Å². The van der Waals surface area contributed by atoms with Gasteiger partial charge in [0.2, 0.25) is 0 Å². The fourth-order valence-electron chi connectivity index (χ4n) is 3.15. The average molecular weight is 447 g/mol. The van der Waals surface area contributed by atoms with Crippen LogP contribution in [0.4, 0.5) is 0 Å². The second-order valence-electron chi connectivity index (χ2n) is 7.37. The number of nitrogens with one attached hydrogen (secondary N) is 1. The summed E-state index contributed by atoms with van der Waals surface area (Å²) in [5.74, 6) is -4.93. The molecule has 1 aliphatic heterocycles. The molecule has 10 nitrogen and oxygen atoms in total. The van der Waals surface area contributed by atoms with Crippen LogP contribution in [0.15, 0.2) is 42.5 Å². The first-order valence-electron chi connectivity index (χ1n) is 9.89. The third-order valence-electron chi connectivity index (χ3n) is 4.81. The van der Waals surface area contributed by atoms with Crippen molar-refractivity contribution in [3.8, 4) is 23.0 Å². The zero-order valence-corrected chi connectivity index (χ0v) is 17.6. The lowest BCUT2D eigenvalue weighted by Gasteiger charge is -2.18. The smallest absolute Gasteiger partial charge is 0.453 e. The van der Waals surface area contributed by atoms with E-state index in [1.807, 2.05) is 6.92 Å². The van der Waals surface area contributed by atoms with Gasteiger partial charge in [0.1, 0.15) is 24.2 Å². The van der Waals surface area contributed by atoms with Crippen molar-refractivity contribution in [3.63, 3.8) is 0 Å². The highest BCUT2D eigenvalue weighted by atomic mass is 16.8. The number of aliphatic hydroxyl groups excluding tert-OH is 1. The molecule has 1 aliphatic rings. The number of carboxylic acid groups (broad SMARTS) is 2. The number of rotatable bonds is 11. The standard InChI is InChI=1S/C22H25NO9/c1-13(23-11-15(24)12-30-17-5-3-4-16(10-17)29-2)8-14-6-7-18-19(9-14)32-22(31-18,20(25)26)21(27)28/h3-7,9-10,13,15,23-24H,8,11-12H2,1-2H3,(H,25,26)(H,27,28). The van der Waals surface area contributed by atoms with E-state index in [4.69, 9.17) is 18.9 Å². The van der Waals surface area contributed by atoms with E-state index in [1.165, 1.54) is 6.07 Å². The van der Waals surface area contributed by atoms with Gasteiger partial charge in [0, 0.05) is 18.7 Å². The fraction of sp³-hybridized carbons (Fsp3) is 0.364. The molecular weight excluding hydrogens is 422 g/mol. The fourth-order valence-corrected chi connectivity index (χ4v) is 3.15. The van der Waals surface area contributed by atoms with E-state index in [0.29, 0.717) is 17.9 Å². The summed E-state index contributed by atoms with van der Waals surface area (Å²) in [5.41, 5.74) is 0.779. The van der Waals surface area contributed by atoms with Gasteiger partial charge in [-0.15, -0.1) is 0 Å². The first kappa shape index (κ1) is 23.2. The first-order chi connectivity index (χ1) is 15.2. The normalized spacial score (nSPS) is 15.6. The molecule has 2 unspecified atom stereocenters. The number of hydrogen-bond donors (Lipinski definition) is 4. The van der Waals surface area contributed by atoms with E-state index in [-0.39, 0.29) is 30.7 Å². The summed E-state index contributed by atoms with van der Waals surface area (Å²) in [6, 6.07) is 11.8. The van der Waals surface area contributed by atoms with E-state index in [0.717, 1.165) is 5.56 Å². The van der Waals surface area contributed by atoms with Gasteiger partial charge in [0.15, 0.2) is 11.5 Å². The monoisotopic (exact) mass is 447 g/mol. The Kier molecular flexibility index (Phi) is 7.06. The second-order valence-corrected chi connectivity index (χ2v) is 7.37. The molecule has 10 heteroatoms. The molecule has 2 aromatic rings. The summed E-state index contributed by atoms with van der Waals surface area (Å²) in [6.07, 6.45) is -0.222. The number of aliphatic hydroxyl groups is 1. The van der Waals surface area contributed by atoms with Crippen LogP contribution in [0.2, 0.25) is 0 Å². The van der Waals surface area contributed by atoms with Crippen LogP contribution in [-0.2, 0) is 16.0 Å². The Hall–Kier alpha value is -3.50. The van der Waals surface area contributed by atoms with Gasteiger partial charge in [-0.25, -0.2) is 9.59 Å². The molecule has 0 bridgehead atoms. The van der Waals surface area contributed by atoms with Crippen molar-refractivity contribution in [2.24, 2.45) is 0 Å². The average Bonchev–Trinajstić information content (AvgIpc) is 3.17. The van der Waals surface area contributed by atoms with E-state index in [1.54, 1.807) is 43.5 Å². The van der Waals surface area contributed by atoms with Crippen LogP contribution >= 0.6 is 0 Å². The number of ether oxygens (including phenoxy) is 4. The Balaban J connectivity index is 1.49. The van der Waals surface area contributed by atoms with E-state index >= 15 is 0 Å². The molecular formula is C22H25NO9. The Bertz CT molecular complexity index is 964. The number of carboxylic acids is 2. The van der Waals surface area contributed by atoms with Gasteiger partial charge < -0.3 is 39.6 Å². The number of carbonyl (C=O) groups is 2. The van der Waals surface area contributed by atoms with Crippen LogP contribution in [0.25, 0.3) is 0 Å². The molecule has 0 saturated heterocycles. The Morgan fingerprint density at radius 2 is 1.75 bits per heavy atom. The molecule has 32 heavy (non-hydrogen) atoms. The van der Waals surface area contributed by atoms with Crippen LogP contribution in [0.5, 0.6) is 23.0 Å². The van der Waals surface area contributed by atoms with Gasteiger partial charge in [-0.2, -0.15) is 0 Å². The maximum absolute atomic E-state index is 11.3. The van der Waals surface area contributed by atoms with Gasteiger partial charge >= 0.3 is 17.7 Å². The second kappa shape index (κ2) is 9.75. The summed E-state index contributed by atoms with van der Waals surface area (Å²) >= 11 is 0. The van der Waals surface area contributed by atoms with E-state index in [2.05, 4.69) is 5.32 Å². The zero-order chi connectivity index (χ0) is 23.3. The summed E-state index contributed by atoms with van der Waals surface area (Å²) in [5, 5.41) is 31.8. The van der Waals surface area contributed by atoms with E-state index in [9.17, 15) is 24.9 Å². The maximum atomic E-state index is 11.3. The third-order valence-corrected chi connectivity index (χ3v) is 4.81. The van der Waals surface area contributed by atoms with Crippen LogP contribution in [0.3, 0.4) is 0 Å².